The minimum Gasteiger partial charge on any atom is -0.494 e. The van der Waals surface area contributed by atoms with E-state index in [1.54, 1.807) is 0 Å². The molecule has 1 amide bonds. The lowest BCUT2D eigenvalue weighted by Gasteiger charge is -2.09. The predicted octanol–water partition coefficient (Wildman–Crippen LogP) is 3.12. The quantitative estimate of drug-likeness (QED) is 0.753. The van der Waals surface area contributed by atoms with Gasteiger partial charge in [-0.15, -0.1) is 0 Å². The summed E-state index contributed by atoms with van der Waals surface area (Å²) < 4.78 is 16.5. The van der Waals surface area contributed by atoms with Crippen LogP contribution in [-0.4, -0.2) is 30.6 Å². The lowest BCUT2D eigenvalue weighted by Crippen LogP contribution is -2.26. The van der Waals surface area contributed by atoms with Crippen LogP contribution < -0.4 is 10.1 Å². The van der Waals surface area contributed by atoms with E-state index in [4.69, 9.17) is 13.9 Å². The number of nitrogens with one attached hydrogen (secondary N) is 1. The third-order valence-electron chi connectivity index (χ3n) is 3.90. The monoisotopic (exact) mass is 330 g/mol. The zero-order valence-electron chi connectivity index (χ0n) is 13.6. The maximum Gasteiger partial charge on any atom is 0.273 e. The Morgan fingerprint density at radius 3 is 2.96 bits per heavy atom. The molecule has 1 aliphatic rings. The van der Waals surface area contributed by atoms with Crippen molar-refractivity contribution < 1.29 is 18.7 Å². The van der Waals surface area contributed by atoms with Gasteiger partial charge in [0.25, 0.3) is 5.91 Å². The van der Waals surface area contributed by atoms with Crippen LogP contribution in [0.15, 0.2) is 41.1 Å². The van der Waals surface area contributed by atoms with Crippen molar-refractivity contribution in [2.24, 2.45) is 0 Å². The zero-order chi connectivity index (χ0) is 16.6. The average Bonchev–Trinajstić information content (AvgIpc) is 3.29. The molecule has 6 heteroatoms. The number of hydrogen-bond donors (Lipinski definition) is 1. The Morgan fingerprint density at radius 2 is 2.17 bits per heavy atom. The van der Waals surface area contributed by atoms with Gasteiger partial charge in [0.15, 0.2) is 17.8 Å². The lowest BCUT2D eigenvalue weighted by molar-refractivity contribution is 0.0861. The first-order chi connectivity index (χ1) is 11.8. The van der Waals surface area contributed by atoms with E-state index in [9.17, 15) is 4.79 Å². The second kappa shape index (κ2) is 8.49. The molecule has 0 bridgehead atoms. The molecule has 128 valence electrons. The minimum atomic E-state index is -0.210. The number of unbranched alkanes of at least 4 members (excludes halogenated alkanes) is 1. The largest absolute Gasteiger partial charge is 0.494 e. The Kier molecular flexibility index (Phi) is 5.85. The molecule has 6 nitrogen and oxygen atoms in total. The summed E-state index contributed by atoms with van der Waals surface area (Å²) in [6, 6.07) is 9.70. The molecule has 0 aliphatic carbocycles. The van der Waals surface area contributed by atoms with Crippen LogP contribution in [0.5, 0.6) is 5.75 Å². The van der Waals surface area contributed by atoms with E-state index < -0.39 is 0 Å². The van der Waals surface area contributed by atoms with Crippen molar-refractivity contribution >= 4 is 5.91 Å². The first-order valence-corrected chi connectivity index (χ1v) is 8.35. The molecule has 3 rings (SSSR count). The van der Waals surface area contributed by atoms with Gasteiger partial charge in [0.05, 0.1) is 6.61 Å². The molecule has 0 radical (unpaired) electrons. The van der Waals surface area contributed by atoms with Gasteiger partial charge in [-0.05, 0) is 37.8 Å². The highest BCUT2D eigenvalue weighted by molar-refractivity contribution is 5.93. The van der Waals surface area contributed by atoms with Crippen molar-refractivity contribution in [2.45, 2.75) is 31.8 Å². The molecule has 1 N–H and O–H groups in total. The number of para-hydroxylation sites is 1. The van der Waals surface area contributed by atoms with Gasteiger partial charge in [-0.25, -0.2) is 4.98 Å². The van der Waals surface area contributed by atoms with Crippen molar-refractivity contribution in [1.29, 1.82) is 0 Å². The molecule has 0 saturated carbocycles. The number of ether oxygens (including phenoxy) is 2. The van der Waals surface area contributed by atoms with Crippen LogP contribution in [0.2, 0.25) is 0 Å². The van der Waals surface area contributed by atoms with E-state index >= 15 is 0 Å². The van der Waals surface area contributed by atoms with Gasteiger partial charge < -0.3 is 19.2 Å². The number of nitrogens with zero attached hydrogens (tertiary/aromatic N) is 1. The van der Waals surface area contributed by atoms with Crippen molar-refractivity contribution in [1.82, 2.24) is 10.3 Å². The van der Waals surface area contributed by atoms with E-state index in [-0.39, 0.29) is 12.0 Å². The van der Waals surface area contributed by atoms with Crippen molar-refractivity contribution in [2.75, 3.05) is 19.8 Å². The van der Waals surface area contributed by atoms with E-state index in [1.165, 1.54) is 6.39 Å². The summed E-state index contributed by atoms with van der Waals surface area (Å²) in [4.78, 5) is 16.2. The van der Waals surface area contributed by atoms with Crippen LogP contribution in [0, 0.1) is 0 Å². The van der Waals surface area contributed by atoms with Crippen LogP contribution in [0.3, 0.4) is 0 Å². The summed E-state index contributed by atoms with van der Waals surface area (Å²) in [5, 5.41) is 2.88. The number of oxazole rings is 1. The van der Waals surface area contributed by atoms with Gasteiger partial charge in [0, 0.05) is 13.2 Å². The van der Waals surface area contributed by atoms with E-state index in [2.05, 4.69) is 10.3 Å². The highest BCUT2D eigenvalue weighted by Gasteiger charge is 2.27. The Morgan fingerprint density at radius 1 is 1.29 bits per heavy atom. The number of aromatic nitrogens is 1. The average molecular weight is 330 g/mol. The molecule has 0 spiro atoms. The summed E-state index contributed by atoms with van der Waals surface area (Å²) in [6.07, 6.45) is 4.71. The van der Waals surface area contributed by atoms with Crippen LogP contribution in [0.1, 0.15) is 48.0 Å². The summed E-state index contributed by atoms with van der Waals surface area (Å²) >= 11 is 0. The molecule has 1 saturated heterocycles. The van der Waals surface area contributed by atoms with Crippen molar-refractivity contribution in [3.05, 3.63) is 48.2 Å². The standard InChI is InChI=1S/C18H22N2O4/c21-18(16-17(24-13-20-16)15-9-6-12-23-15)19-10-4-5-11-22-14-7-2-1-3-8-14/h1-3,7-8,13,15H,4-6,9-12H2,(H,19,21). The summed E-state index contributed by atoms with van der Waals surface area (Å²) in [5.74, 6) is 1.20. The molecule has 24 heavy (non-hydrogen) atoms. The molecule has 2 aromatic rings. The Labute approximate surface area is 141 Å². The first-order valence-electron chi connectivity index (χ1n) is 8.35. The van der Waals surface area contributed by atoms with Crippen LogP contribution in [0.25, 0.3) is 0 Å². The fraction of sp³-hybridized carbons (Fsp3) is 0.444. The lowest BCUT2D eigenvalue weighted by atomic mass is 10.1. The smallest absolute Gasteiger partial charge is 0.273 e. The second-order valence-electron chi connectivity index (χ2n) is 5.69. The maximum atomic E-state index is 12.2. The fourth-order valence-corrected chi connectivity index (χ4v) is 2.66. The van der Waals surface area contributed by atoms with Gasteiger partial charge in [-0.3, -0.25) is 4.79 Å². The maximum absolute atomic E-state index is 12.2. The molecular formula is C18H22N2O4. The first kappa shape index (κ1) is 16.5. The van der Waals surface area contributed by atoms with E-state index in [0.29, 0.717) is 31.2 Å². The van der Waals surface area contributed by atoms with Gasteiger partial charge in [-0.2, -0.15) is 0 Å². The molecule has 1 fully saturated rings. The van der Waals surface area contributed by atoms with Gasteiger partial charge in [-0.1, -0.05) is 18.2 Å². The molecule has 1 aromatic heterocycles. The van der Waals surface area contributed by atoms with E-state index in [0.717, 1.165) is 31.4 Å². The minimum absolute atomic E-state index is 0.146. The van der Waals surface area contributed by atoms with Crippen LogP contribution in [-0.2, 0) is 4.74 Å². The summed E-state index contributed by atoms with van der Waals surface area (Å²) in [7, 11) is 0. The van der Waals surface area contributed by atoms with Gasteiger partial charge in [0.1, 0.15) is 11.9 Å². The normalized spacial score (nSPS) is 16.9. The summed E-state index contributed by atoms with van der Waals surface area (Å²) in [6.45, 7) is 1.91. The molecule has 2 heterocycles. The predicted molar refractivity (Wildman–Crippen MR) is 87.9 cm³/mol. The SMILES string of the molecule is O=C(NCCCCOc1ccccc1)c1ncoc1C1CCCO1. The van der Waals surface area contributed by atoms with Gasteiger partial charge >= 0.3 is 0 Å². The zero-order valence-corrected chi connectivity index (χ0v) is 13.6. The highest BCUT2D eigenvalue weighted by atomic mass is 16.5. The Balaban J connectivity index is 1.36. The number of carbonyl (C=O) groups excluding carboxylic acids is 1. The van der Waals surface area contributed by atoms with Crippen LogP contribution in [0.4, 0.5) is 0 Å². The molecule has 1 aliphatic heterocycles. The Hall–Kier alpha value is -2.34. The number of hydrogen-bond acceptors (Lipinski definition) is 5. The molecule has 1 atom stereocenters. The molecule has 1 aromatic carbocycles. The molecule has 1 unspecified atom stereocenters. The van der Waals surface area contributed by atoms with Crippen molar-refractivity contribution in [3.63, 3.8) is 0 Å². The number of carbonyl (C=O) groups is 1. The van der Waals surface area contributed by atoms with E-state index in [1.807, 2.05) is 30.3 Å². The number of amides is 1. The highest BCUT2D eigenvalue weighted by Crippen LogP contribution is 2.30. The third-order valence-corrected chi connectivity index (χ3v) is 3.90. The third kappa shape index (κ3) is 4.35. The number of benzene rings is 1. The number of rotatable bonds is 8. The summed E-state index contributed by atoms with van der Waals surface area (Å²) in [5.41, 5.74) is 0.336. The Bertz CT molecular complexity index is 635. The van der Waals surface area contributed by atoms with Crippen molar-refractivity contribution in [3.8, 4) is 5.75 Å². The van der Waals surface area contributed by atoms with Crippen LogP contribution >= 0.6 is 0 Å². The topological polar surface area (TPSA) is 73.6 Å². The fourth-order valence-electron chi connectivity index (χ4n) is 2.66. The molecular weight excluding hydrogens is 308 g/mol. The second-order valence-corrected chi connectivity index (χ2v) is 5.69. The van der Waals surface area contributed by atoms with Gasteiger partial charge in [0.2, 0.25) is 0 Å².